The van der Waals surface area contributed by atoms with Crippen molar-refractivity contribution in [3.63, 3.8) is 0 Å². The highest BCUT2D eigenvalue weighted by Crippen LogP contribution is 2.13. The predicted octanol–water partition coefficient (Wildman–Crippen LogP) is 2.08. The van der Waals surface area contributed by atoms with E-state index in [2.05, 4.69) is 10.6 Å². The number of anilines is 1. The maximum absolute atomic E-state index is 12.2. The van der Waals surface area contributed by atoms with Crippen molar-refractivity contribution in [3.8, 4) is 0 Å². The number of benzene rings is 2. The van der Waals surface area contributed by atoms with Crippen LogP contribution in [-0.2, 0) is 10.0 Å². The number of nitrogens with two attached hydrogens (primary N) is 1. The highest BCUT2D eigenvalue weighted by molar-refractivity contribution is 7.89. The van der Waals surface area contributed by atoms with E-state index >= 15 is 0 Å². The summed E-state index contributed by atoms with van der Waals surface area (Å²) in [6.07, 6.45) is 0. The van der Waals surface area contributed by atoms with E-state index in [1.807, 2.05) is 26.0 Å². The van der Waals surface area contributed by atoms with E-state index in [1.54, 1.807) is 6.07 Å². The van der Waals surface area contributed by atoms with Gasteiger partial charge in [0.15, 0.2) is 5.11 Å². The number of hydrogen-bond donors (Lipinski definition) is 3. The van der Waals surface area contributed by atoms with Crippen molar-refractivity contribution in [3.05, 3.63) is 59.2 Å². The zero-order valence-corrected chi connectivity index (χ0v) is 14.8. The summed E-state index contributed by atoms with van der Waals surface area (Å²) >= 11 is 5.10. The molecule has 0 radical (unpaired) electrons. The van der Waals surface area contributed by atoms with E-state index in [4.69, 9.17) is 17.4 Å². The Morgan fingerprint density at radius 2 is 1.71 bits per heavy atom. The normalized spacial score (nSPS) is 11.0. The zero-order valence-electron chi connectivity index (χ0n) is 13.2. The van der Waals surface area contributed by atoms with E-state index in [0.717, 1.165) is 11.1 Å². The molecule has 8 heteroatoms. The van der Waals surface area contributed by atoms with E-state index < -0.39 is 10.0 Å². The Bertz CT molecular complexity index is 891. The van der Waals surface area contributed by atoms with Crippen LogP contribution in [0.3, 0.4) is 0 Å². The minimum absolute atomic E-state index is 0.00159. The molecule has 0 bridgehead atoms. The molecule has 0 saturated heterocycles. The van der Waals surface area contributed by atoms with Gasteiger partial charge in [0.25, 0.3) is 5.91 Å². The standard InChI is InChI=1S/C16H17N3O3S2/c1-10-3-8-14(11(2)9-10)15(20)19-16(23)18-12-4-6-13(7-5-12)24(17,21)22/h3-9H,1-2H3,(H2,17,21,22)(H2,18,19,20,23). The molecule has 0 heterocycles. The number of hydrogen-bond acceptors (Lipinski definition) is 4. The van der Waals surface area contributed by atoms with E-state index in [1.165, 1.54) is 24.3 Å². The summed E-state index contributed by atoms with van der Waals surface area (Å²) in [5.41, 5.74) is 3.00. The van der Waals surface area contributed by atoms with Gasteiger partial charge in [-0.15, -0.1) is 0 Å². The summed E-state index contributed by atoms with van der Waals surface area (Å²) in [5.74, 6) is -0.314. The molecule has 0 fully saturated rings. The predicted molar refractivity (Wildman–Crippen MR) is 97.4 cm³/mol. The molecular formula is C16H17N3O3S2. The fourth-order valence-corrected chi connectivity index (χ4v) is 2.86. The molecule has 4 N–H and O–H groups in total. The van der Waals surface area contributed by atoms with Crippen LogP contribution in [0.5, 0.6) is 0 Å². The van der Waals surface area contributed by atoms with Crippen LogP contribution in [0.15, 0.2) is 47.4 Å². The monoisotopic (exact) mass is 363 g/mol. The van der Waals surface area contributed by atoms with Gasteiger partial charge in [0, 0.05) is 11.3 Å². The minimum atomic E-state index is -3.74. The van der Waals surface area contributed by atoms with Gasteiger partial charge in [0.05, 0.1) is 4.90 Å². The smallest absolute Gasteiger partial charge is 0.257 e. The Balaban J connectivity index is 2.04. The number of thiocarbonyl (C=S) groups is 1. The number of primary sulfonamides is 1. The Morgan fingerprint density at radius 1 is 1.08 bits per heavy atom. The second-order valence-corrected chi connectivity index (χ2v) is 7.27. The van der Waals surface area contributed by atoms with Gasteiger partial charge in [-0.05, 0) is 62.0 Å². The van der Waals surface area contributed by atoms with Gasteiger partial charge in [-0.25, -0.2) is 13.6 Å². The summed E-state index contributed by atoms with van der Waals surface area (Å²) in [4.78, 5) is 12.2. The molecule has 0 spiro atoms. The molecule has 0 unspecified atom stereocenters. The van der Waals surface area contributed by atoms with Crippen molar-refractivity contribution in [2.75, 3.05) is 5.32 Å². The van der Waals surface area contributed by atoms with Crippen molar-refractivity contribution in [2.24, 2.45) is 5.14 Å². The highest BCUT2D eigenvalue weighted by Gasteiger charge is 2.11. The number of amides is 1. The SMILES string of the molecule is Cc1ccc(C(=O)NC(=S)Nc2ccc(S(N)(=O)=O)cc2)c(C)c1. The third-order valence-corrected chi connectivity index (χ3v) is 4.43. The van der Waals surface area contributed by atoms with Gasteiger partial charge in [0.2, 0.25) is 10.0 Å². The molecule has 1 amide bonds. The van der Waals surface area contributed by atoms with Crippen LogP contribution in [0.25, 0.3) is 0 Å². The van der Waals surface area contributed by atoms with Crippen molar-refractivity contribution in [2.45, 2.75) is 18.7 Å². The maximum atomic E-state index is 12.2. The first-order valence-corrected chi connectivity index (χ1v) is 8.95. The van der Waals surface area contributed by atoms with Crippen LogP contribution < -0.4 is 15.8 Å². The van der Waals surface area contributed by atoms with Gasteiger partial charge in [0.1, 0.15) is 0 Å². The Kier molecular flexibility index (Phi) is 5.33. The largest absolute Gasteiger partial charge is 0.332 e. The summed E-state index contributed by atoms with van der Waals surface area (Å²) < 4.78 is 22.4. The number of carbonyl (C=O) groups is 1. The van der Waals surface area contributed by atoms with Crippen LogP contribution in [0.4, 0.5) is 5.69 Å². The van der Waals surface area contributed by atoms with Crippen LogP contribution in [-0.4, -0.2) is 19.4 Å². The lowest BCUT2D eigenvalue weighted by atomic mass is 10.1. The molecule has 126 valence electrons. The lowest BCUT2D eigenvalue weighted by molar-refractivity contribution is 0.0977. The lowest BCUT2D eigenvalue weighted by Crippen LogP contribution is -2.34. The van der Waals surface area contributed by atoms with Crippen molar-refractivity contribution >= 4 is 38.9 Å². The molecule has 0 aliphatic rings. The molecule has 0 atom stereocenters. The molecule has 0 aliphatic heterocycles. The fourth-order valence-electron chi connectivity index (χ4n) is 2.13. The third kappa shape index (κ3) is 4.60. The molecule has 0 aliphatic carbocycles. The summed E-state index contributed by atoms with van der Waals surface area (Å²) in [6.45, 7) is 3.80. The Morgan fingerprint density at radius 3 is 2.25 bits per heavy atom. The average molecular weight is 363 g/mol. The molecule has 2 aromatic carbocycles. The second kappa shape index (κ2) is 7.08. The number of sulfonamides is 1. The highest BCUT2D eigenvalue weighted by atomic mass is 32.2. The summed E-state index contributed by atoms with van der Waals surface area (Å²) in [7, 11) is -3.74. The van der Waals surface area contributed by atoms with Crippen LogP contribution in [0.1, 0.15) is 21.5 Å². The first kappa shape index (κ1) is 18.1. The second-order valence-electron chi connectivity index (χ2n) is 5.30. The number of nitrogens with one attached hydrogen (secondary N) is 2. The van der Waals surface area contributed by atoms with E-state index in [-0.39, 0.29) is 15.9 Å². The number of aryl methyl sites for hydroxylation is 2. The summed E-state index contributed by atoms with van der Waals surface area (Å²) in [5, 5.41) is 10.6. The zero-order chi connectivity index (χ0) is 17.9. The van der Waals surface area contributed by atoms with Gasteiger partial charge >= 0.3 is 0 Å². The number of carbonyl (C=O) groups excluding carboxylic acids is 1. The van der Waals surface area contributed by atoms with Crippen molar-refractivity contribution in [1.29, 1.82) is 0 Å². The van der Waals surface area contributed by atoms with Gasteiger partial charge in [-0.3, -0.25) is 10.1 Å². The topological polar surface area (TPSA) is 101 Å². The minimum Gasteiger partial charge on any atom is -0.332 e. The lowest BCUT2D eigenvalue weighted by Gasteiger charge is -2.11. The molecule has 0 aromatic heterocycles. The first-order chi connectivity index (χ1) is 11.2. The van der Waals surface area contributed by atoms with Crippen molar-refractivity contribution in [1.82, 2.24) is 5.32 Å². The maximum Gasteiger partial charge on any atom is 0.257 e. The third-order valence-electron chi connectivity index (χ3n) is 3.29. The van der Waals surface area contributed by atoms with Gasteiger partial charge < -0.3 is 5.32 Å². The van der Waals surface area contributed by atoms with Crippen molar-refractivity contribution < 1.29 is 13.2 Å². The van der Waals surface area contributed by atoms with Crippen LogP contribution >= 0.6 is 12.2 Å². The van der Waals surface area contributed by atoms with Gasteiger partial charge in [-0.2, -0.15) is 0 Å². The van der Waals surface area contributed by atoms with Gasteiger partial charge in [-0.1, -0.05) is 17.7 Å². The first-order valence-electron chi connectivity index (χ1n) is 6.99. The molecule has 0 saturated carbocycles. The average Bonchev–Trinajstić information content (AvgIpc) is 2.46. The quantitative estimate of drug-likeness (QED) is 0.725. The molecule has 6 nitrogen and oxygen atoms in total. The fraction of sp³-hybridized carbons (Fsp3) is 0.125. The Hall–Kier alpha value is -2.29. The summed E-state index contributed by atoms with van der Waals surface area (Å²) in [6, 6.07) is 11.2. The van der Waals surface area contributed by atoms with E-state index in [0.29, 0.717) is 11.3 Å². The number of rotatable bonds is 3. The molecule has 2 rings (SSSR count). The van der Waals surface area contributed by atoms with Crippen LogP contribution in [0.2, 0.25) is 0 Å². The Labute approximate surface area is 146 Å². The molecular weight excluding hydrogens is 346 g/mol. The molecule has 24 heavy (non-hydrogen) atoms. The van der Waals surface area contributed by atoms with E-state index in [9.17, 15) is 13.2 Å². The molecule has 2 aromatic rings. The van der Waals surface area contributed by atoms with Crippen LogP contribution in [0, 0.1) is 13.8 Å².